The van der Waals surface area contributed by atoms with E-state index in [0.717, 1.165) is 5.56 Å². The van der Waals surface area contributed by atoms with E-state index in [2.05, 4.69) is 20.7 Å². The highest BCUT2D eigenvalue weighted by Gasteiger charge is 2.27. The van der Waals surface area contributed by atoms with E-state index in [4.69, 9.17) is 16.3 Å². The number of hydrogen-bond donors (Lipinski definition) is 2. The van der Waals surface area contributed by atoms with Gasteiger partial charge in [0.15, 0.2) is 6.61 Å². The van der Waals surface area contributed by atoms with E-state index in [0.29, 0.717) is 22.4 Å². The van der Waals surface area contributed by atoms with Crippen molar-refractivity contribution < 1.29 is 14.3 Å². The van der Waals surface area contributed by atoms with Gasteiger partial charge in [0.1, 0.15) is 12.1 Å². The number of para-hydroxylation sites is 1. The van der Waals surface area contributed by atoms with Crippen LogP contribution in [-0.2, 0) is 9.59 Å². The average molecular weight is 398 g/mol. The van der Waals surface area contributed by atoms with Crippen LogP contribution in [0.3, 0.4) is 0 Å². The molecule has 2 amide bonds. The maximum Gasteiger partial charge on any atom is 0.262 e. The van der Waals surface area contributed by atoms with Crippen LogP contribution in [0.1, 0.15) is 18.0 Å². The SMILES string of the molecule is O=C(COc1cccc(C2CC(=O)Nc3ncnn32)c1)Nc1ccccc1Cl. The van der Waals surface area contributed by atoms with Crippen LogP contribution in [0.5, 0.6) is 5.75 Å². The van der Waals surface area contributed by atoms with Gasteiger partial charge in [-0.05, 0) is 29.8 Å². The van der Waals surface area contributed by atoms with Crippen LogP contribution in [0.15, 0.2) is 54.9 Å². The number of hydrogen-bond acceptors (Lipinski definition) is 5. The molecule has 0 saturated carbocycles. The van der Waals surface area contributed by atoms with Crippen molar-refractivity contribution in [2.24, 2.45) is 0 Å². The summed E-state index contributed by atoms with van der Waals surface area (Å²) in [6.45, 7) is -0.172. The molecule has 3 aromatic rings. The topological polar surface area (TPSA) is 98.1 Å². The van der Waals surface area contributed by atoms with Gasteiger partial charge in [-0.3, -0.25) is 14.9 Å². The van der Waals surface area contributed by atoms with Gasteiger partial charge in [0.25, 0.3) is 5.91 Å². The van der Waals surface area contributed by atoms with Crippen LogP contribution in [-0.4, -0.2) is 33.2 Å². The van der Waals surface area contributed by atoms with E-state index in [1.165, 1.54) is 6.33 Å². The Labute approximate surface area is 165 Å². The maximum atomic E-state index is 12.1. The maximum absolute atomic E-state index is 12.1. The molecule has 1 aliphatic heterocycles. The lowest BCUT2D eigenvalue weighted by Crippen LogP contribution is -2.29. The first-order valence-electron chi connectivity index (χ1n) is 8.56. The van der Waals surface area contributed by atoms with Crippen molar-refractivity contribution in [2.45, 2.75) is 12.5 Å². The molecular formula is C19H16ClN5O3. The van der Waals surface area contributed by atoms with Crippen LogP contribution in [0.25, 0.3) is 0 Å². The predicted molar refractivity (Wildman–Crippen MR) is 103 cm³/mol. The average Bonchev–Trinajstić information content (AvgIpc) is 3.16. The highest BCUT2D eigenvalue weighted by atomic mass is 35.5. The summed E-state index contributed by atoms with van der Waals surface area (Å²) >= 11 is 6.03. The minimum atomic E-state index is -0.325. The van der Waals surface area contributed by atoms with Crippen molar-refractivity contribution in [1.82, 2.24) is 14.8 Å². The third-order valence-electron chi connectivity index (χ3n) is 4.26. The molecule has 1 unspecified atom stereocenters. The molecule has 2 heterocycles. The molecule has 0 radical (unpaired) electrons. The molecular weight excluding hydrogens is 382 g/mol. The zero-order valence-corrected chi connectivity index (χ0v) is 15.4. The van der Waals surface area contributed by atoms with Crippen LogP contribution in [0.4, 0.5) is 11.6 Å². The van der Waals surface area contributed by atoms with E-state index >= 15 is 0 Å². The van der Waals surface area contributed by atoms with Gasteiger partial charge in [-0.15, -0.1) is 0 Å². The third kappa shape index (κ3) is 3.81. The summed E-state index contributed by atoms with van der Waals surface area (Å²) in [4.78, 5) is 28.1. The van der Waals surface area contributed by atoms with Crippen LogP contribution >= 0.6 is 11.6 Å². The highest BCUT2D eigenvalue weighted by Crippen LogP contribution is 2.30. The zero-order valence-electron chi connectivity index (χ0n) is 14.6. The first kappa shape index (κ1) is 18.0. The summed E-state index contributed by atoms with van der Waals surface area (Å²) in [5, 5.41) is 10.0. The standard InChI is InChI=1S/C19H16ClN5O3/c20-14-6-1-2-7-15(14)23-18(27)10-28-13-5-3-4-12(8-13)16-9-17(26)24-19-21-11-22-25(16)19/h1-8,11,16H,9-10H2,(H,23,27)(H,21,22,24,26). The fraction of sp³-hybridized carbons (Fsp3) is 0.158. The van der Waals surface area contributed by atoms with Crippen molar-refractivity contribution >= 4 is 35.1 Å². The Bertz CT molecular complexity index is 1040. The summed E-state index contributed by atoms with van der Waals surface area (Å²) in [6.07, 6.45) is 1.64. The molecule has 8 nitrogen and oxygen atoms in total. The molecule has 1 aliphatic rings. The van der Waals surface area contributed by atoms with Crippen molar-refractivity contribution in [1.29, 1.82) is 0 Å². The monoisotopic (exact) mass is 397 g/mol. The van der Waals surface area contributed by atoms with E-state index in [-0.39, 0.29) is 30.9 Å². The Morgan fingerprint density at radius 2 is 2.14 bits per heavy atom. The fourth-order valence-electron chi connectivity index (χ4n) is 2.97. The van der Waals surface area contributed by atoms with Gasteiger partial charge in [-0.25, -0.2) is 4.68 Å². The van der Waals surface area contributed by atoms with Gasteiger partial charge in [-0.2, -0.15) is 10.1 Å². The van der Waals surface area contributed by atoms with Crippen molar-refractivity contribution in [2.75, 3.05) is 17.2 Å². The number of carbonyl (C=O) groups excluding carboxylic acids is 2. The third-order valence-corrected chi connectivity index (χ3v) is 4.59. The number of aromatic nitrogens is 3. The van der Waals surface area contributed by atoms with E-state index in [9.17, 15) is 9.59 Å². The van der Waals surface area contributed by atoms with Crippen molar-refractivity contribution in [3.63, 3.8) is 0 Å². The summed E-state index contributed by atoms with van der Waals surface area (Å²) in [5.74, 6) is 0.469. The molecule has 142 valence electrons. The molecule has 2 N–H and O–H groups in total. The number of rotatable bonds is 5. The van der Waals surface area contributed by atoms with E-state index in [1.54, 1.807) is 47.1 Å². The zero-order chi connectivity index (χ0) is 19.5. The van der Waals surface area contributed by atoms with Gasteiger partial charge < -0.3 is 10.1 Å². The quantitative estimate of drug-likeness (QED) is 0.689. The second-order valence-corrected chi connectivity index (χ2v) is 6.59. The molecule has 4 rings (SSSR count). The molecule has 0 spiro atoms. The molecule has 0 aliphatic carbocycles. The summed E-state index contributed by atoms with van der Waals surface area (Å²) in [5.41, 5.74) is 1.36. The molecule has 0 bridgehead atoms. The minimum Gasteiger partial charge on any atom is -0.484 e. The molecule has 0 fully saturated rings. The number of nitrogens with zero attached hydrogens (tertiary/aromatic N) is 3. The minimum absolute atomic E-state index is 0.129. The van der Waals surface area contributed by atoms with Gasteiger partial charge in [0, 0.05) is 0 Å². The second kappa shape index (κ2) is 7.69. The van der Waals surface area contributed by atoms with Gasteiger partial charge >= 0.3 is 0 Å². The van der Waals surface area contributed by atoms with Crippen LogP contribution < -0.4 is 15.4 Å². The van der Waals surface area contributed by atoms with E-state index < -0.39 is 0 Å². The van der Waals surface area contributed by atoms with Crippen molar-refractivity contribution in [3.8, 4) is 5.75 Å². The number of amides is 2. The Balaban J connectivity index is 1.44. The lowest BCUT2D eigenvalue weighted by atomic mass is 10.0. The van der Waals surface area contributed by atoms with Gasteiger partial charge in [0.2, 0.25) is 11.9 Å². The Morgan fingerprint density at radius 3 is 3.00 bits per heavy atom. The molecule has 9 heteroatoms. The molecule has 1 aromatic heterocycles. The molecule has 28 heavy (non-hydrogen) atoms. The van der Waals surface area contributed by atoms with Crippen LogP contribution in [0, 0.1) is 0 Å². The molecule has 1 atom stereocenters. The number of anilines is 2. The first-order valence-corrected chi connectivity index (χ1v) is 8.94. The number of halogens is 1. The predicted octanol–water partition coefficient (Wildman–Crippen LogP) is 2.88. The molecule has 2 aromatic carbocycles. The smallest absolute Gasteiger partial charge is 0.262 e. The van der Waals surface area contributed by atoms with Gasteiger partial charge in [-0.1, -0.05) is 35.9 Å². The summed E-state index contributed by atoms with van der Waals surface area (Å²) in [7, 11) is 0. The number of benzene rings is 2. The lowest BCUT2D eigenvalue weighted by Gasteiger charge is -2.24. The van der Waals surface area contributed by atoms with Gasteiger partial charge in [0.05, 0.1) is 23.2 Å². The van der Waals surface area contributed by atoms with E-state index in [1.807, 2.05) is 6.07 Å². The fourth-order valence-corrected chi connectivity index (χ4v) is 3.16. The number of fused-ring (bicyclic) bond motifs is 1. The first-order chi connectivity index (χ1) is 13.6. The summed E-state index contributed by atoms with van der Waals surface area (Å²) in [6, 6.07) is 13.9. The van der Waals surface area contributed by atoms with Crippen molar-refractivity contribution in [3.05, 3.63) is 65.4 Å². The Morgan fingerprint density at radius 1 is 1.29 bits per heavy atom. The Kier molecular flexibility index (Phi) is 4.94. The number of nitrogens with one attached hydrogen (secondary N) is 2. The normalized spacial score (nSPS) is 15.5. The number of carbonyl (C=O) groups is 2. The highest BCUT2D eigenvalue weighted by molar-refractivity contribution is 6.33. The largest absolute Gasteiger partial charge is 0.484 e. The Hall–Kier alpha value is -3.39. The second-order valence-electron chi connectivity index (χ2n) is 6.19. The number of ether oxygens (including phenoxy) is 1. The summed E-state index contributed by atoms with van der Waals surface area (Å²) < 4.78 is 7.26. The van der Waals surface area contributed by atoms with Crippen LogP contribution in [0.2, 0.25) is 5.02 Å². The molecule has 0 saturated heterocycles. The lowest BCUT2D eigenvalue weighted by molar-refractivity contribution is -0.118.